The normalized spacial score (nSPS) is 11.6. The molecule has 0 saturated heterocycles. The van der Waals surface area contributed by atoms with Crippen LogP contribution in [0.4, 0.5) is 0 Å². The Bertz CT molecular complexity index is 2480. The first kappa shape index (κ1) is 25.0. The number of hydrogen-bond acceptors (Lipinski definition) is 2. The molecule has 0 amide bonds. The summed E-state index contributed by atoms with van der Waals surface area (Å²) in [6.07, 6.45) is 0. The summed E-state index contributed by atoms with van der Waals surface area (Å²) in [7, 11) is 0. The van der Waals surface area contributed by atoms with E-state index in [2.05, 4.69) is 162 Å². The molecule has 9 aromatic rings. The number of imidazole rings is 1. The molecule has 0 aliphatic carbocycles. The minimum Gasteiger partial charge on any atom is -0.292 e. The van der Waals surface area contributed by atoms with Gasteiger partial charge in [0.15, 0.2) is 0 Å². The van der Waals surface area contributed by atoms with E-state index in [0.29, 0.717) is 0 Å². The molecule has 7 aromatic carbocycles. The summed E-state index contributed by atoms with van der Waals surface area (Å²) in [5.41, 5.74) is 9.20. The van der Waals surface area contributed by atoms with Crippen molar-refractivity contribution in [2.45, 2.75) is 0 Å². The highest BCUT2D eigenvalue weighted by Crippen LogP contribution is 2.40. The highest BCUT2D eigenvalue weighted by atomic mass is 32.1. The van der Waals surface area contributed by atoms with Crippen LogP contribution in [-0.4, -0.2) is 9.55 Å². The summed E-state index contributed by atoms with van der Waals surface area (Å²) in [6.45, 7) is 0. The van der Waals surface area contributed by atoms with Gasteiger partial charge in [-0.15, -0.1) is 11.3 Å². The fourth-order valence-electron chi connectivity index (χ4n) is 6.52. The van der Waals surface area contributed by atoms with Gasteiger partial charge in [0.25, 0.3) is 0 Å². The number of nitrogens with zero attached hydrogens (tertiary/aromatic N) is 2. The zero-order valence-electron chi connectivity index (χ0n) is 23.8. The molecule has 0 bridgehead atoms. The van der Waals surface area contributed by atoms with Crippen molar-refractivity contribution in [1.82, 2.24) is 9.55 Å². The molecular weight excluding hydrogens is 553 g/mol. The summed E-state index contributed by atoms with van der Waals surface area (Å²) in [5, 5.41) is 5.17. The van der Waals surface area contributed by atoms with Gasteiger partial charge in [-0.1, -0.05) is 127 Å². The van der Waals surface area contributed by atoms with Crippen LogP contribution >= 0.6 is 11.3 Å². The van der Waals surface area contributed by atoms with Gasteiger partial charge < -0.3 is 0 Å². The molecule has 0 radical (unpaired) electrons. The number of thiophene rings is 1. The van der Waals surface area contributed by atoms with Crippen LogP contribution in [0.25, 0.3) is 81.3 Å². The monoisotopic (exact) mass is 578 g/mol. The van der Waals surface area contributed by atoms with E-state index in [1.165, 1.54) is 53.2 Å². The van der Waals surface area contributed by atoms with Gasteiger partial charge in [0.1, 0.15) is 5.82 Å². The molecule has 0 aliphatic rings. The molecule has 0 atom stereocenters. The number of hydrogen-bond donors (Lipinski definition) is 0. The van der Waals surface area contributed by atoms with Gasteiger partial charge in [-0.3, -0.25) is 4.57 Å². The first-order chi connectivity index (χ1) is 21.8. The Balaban J connectivity index is 1.14. The van der Waals surface area contributed by atoms with Crippen molar-refractivity contribution in [3.8, 4) is 39.3 Å². The van der Waals surface area contributed by atoms with Crippen molar-refractivity contribution in [1.29, 1.82) is 0 Å². The fourth-order valence-corrected chi connectivity index (χ4v) is 7.76. The number of benzene rings is 7. The van der Waals surface area contributed by atoms with Crippen molar-refractivity contribution in [3.05, 3.63) is 158 Å². The largest absolute Gasteiger partial charge is 0.292 e. The predicted octanol–water partition coefficient (Wildman–Crippen LogP) is 11.5. The van der Waals surface area contributed by atoms with Gasteiger partial charge in [0, 0.05) is 31.4 Å². The molecule has 44 heavy (non-hydrogen) atoms. The minimum atomic E-state index is 0.940. The third kappa shape index (κ3) is 3.98. The summed E-state index contributed by atoms with van der Waals surface area (Å²) >= 11 is 1.87. The van der Waals surface area contributed by atoms with Gasteiger partial charge in [-0.2, -0.15) is 0 Å². The molecule has 0 aliphatic heterocycles. The van der Waals surface area contributed by atoms with Crippen LogP contribution < -0.4 is 0 Å². The Hall–Kier alpha value is -5.51. The summed E-state index contributed by atoms with van der Waals surface area (Å²) < 4.78 is 4.94. The molecule has 0 N–H and O–H groups in total. The van der Waals surface area contributed by atoms with E-state index in [-0.39, 0.29) is 0 Å². The van der Waals surface area contributed by atoms with Crippen molar-refractivity contribution in [2.24, 2.45) is 0 Å². The third-order valence-corrected chi connectivity index (χ3v) is 9.87. The number of aromatic nitrogens is 2. The minimum absolute atomic E-state index is 0.940. The third-order valence-electron chi connectivity index (χ3n) is 8.65. The second-order valence-corrected chi connectivity index (χ2v) is 12.2. The second kappa shape index (κ2) is 10.0. The van der Waals surface area contributed by atoms with Crippen LogP contribution in [0.2, 0.25) is 0 Å². The molecule has 0 saturated carbocycles. The van der Waals surface area contributed by atoms with E-state index in [1.807, 2.05) is 11.3 Å². The van der Waals surface area contributed by atoms with E-state index >= 15 is 0 Å². The van der Waals surface area contributed by atoms with Crippen LogP contribution in [0.3, 0.4) is 0 Å². The topological polar surface area (TPSA) is 17.8 Å². The first-order valence-corrected chi connectivity index (χ1v) is 15.7. The average Bonchev–Trinajstić information content (AvgIpc) is 3.67. The van der Waals surface area contributed by atoms with E-state index in [9.17, 15) is 0 Å². The summed E-state index contributed by atoms with van der Waals surface area (Å²) in [5.74, 6) is 0.940. The van der Waals surface area contributed by atoms with Crippen molar-refractivity contribution >= 4 is 53.3 Å². The lowest BCUT2D eigenvalue weighted by atomic mass is 9.98. The molecule has 2 heterocycles. The highest BCUT2D eigenvalue weighted by Gasteiger charge is 2.16. The second-order valence-electron chi connectivity index (χ2n) is 11.2. The highest BCUT2D eigenvalue weighted by molar-refractivity contribution is 7.26. The van der Waals surface area contributed by atoms with Crippen LogP contribution in [0.1, 0.15) is 0 Å². The molecular formula is C41H26N2S. The van der Waals surface area contributed by atoms with Gasteiger partial charge in [0.2, 0.25) is 0 Å². The molecule has 9 rings (SSSR count). The molecule has 0 fully saturated rings. The zero-order valence-corrected chi connectivity index (χ0v) is 24.6. The maximum absolute atomic E-state index is 5.13. The smallest absolute Gasteiger partial charge is 0.145 e. The van der Waals surface area contributed by atoms with Crippen LogP contribution in [0, 0.1) is 0 Å². The quantitative estimate of drug-likeness (QED) is 0.203. The number of rotatable bonds is 4. The molecule has 2 aromatic heterocycles. The van der Waals surface area contributed by atoms with Crippen molar-refractivity contribution in [2.75, 3.05) is 0 Å². The molecule has 0 unspecified atom stereocenters. The van der Waals surface area contributed by atoms with Gasteiger partial charge in [-0.25, -0.2) is 4.98 Å². The molecule has 3 heteroatoms. The van der Waals surface area contributed by atoms with Crippen LogP contribution in [0.15, 0.2) is 158 Å². The van der Waals surface area contributed by atoms with Gasteiger partial charge in [0.05, 0.1) is 11.0 Å². The summed E-state index contributed by atoms with van der Waals surface area (Å²) in [6, 6.07) is 56.6. The number of fused-ring (bicyclic) bond motifs is 5. The maximum atomic E-state index is 5.13. The van der Waals surface area contributed by atoms with Crippen LogP contribution in [0.5, 0.6) is 0 Å². The van der Waals surface area contributed by atoms with Gasteiger partial charge >= 0.3 is 0 Å². The van der Waals surface area contributed by atoms with E-state index in [1.54, 1.807) is 0 Å². The standard InChI is InChI=1S/C41H26N2S/c1-2-11-32-27(9-1)10-7-13-33(32)28-23-25-31(26-24-28)43-38-17-5-4-16-37(38)42-41(43)30-21-19-29(20-22-30)34-14-8-15-36-35-12-3-6-18-39(35)44-40(34)36/h1-26H. The molecule has 0 spiro atoms. The zero-order chi connectivity index (χ0) is 29.0. The number of para-hydroxylation sites is 2. The van der Waals surface area contributed by atoms with E-state index in [0.717, 1.165) is 28.1 Å². The van der Waals surface area contributed by atoms with E-state index < -0.39 is 0 Å². The lowest BCUT2D eigenvalue weighted by Crippen LogP contribution is -1.97. The van der Waals surface area contributed by atoms with Crippen molar-refractivity contribution in [3.63, 3.8) is 0 Å². The molecule has 206 valence electrons. The Labute approximate surface area is 259 Å². The summed E-state index contributed by atoms with van der Waals surface area (Å²) in [4.78, 5) is 5.13. The van der Waals surface area contributed by atoms with E-state index in [4.69, 9.17) is 4.98 Å². The lowest BCUT2D eigenvalue weighted by molar-refractivity contribution is 1.10. The Kier molecular flexibility index (Phi) is 5.71. The van der Waals surface area contributed by atoms with Gasteiger partial charge in [-0.05, 0) is 63.4 Å². The Morgan fingerprint density at radius 1 is 0.455 bits per heavy atom. The van der Waals surface area contributed by atoms with Crippen molar-refractivity contribution < 1.29 is 0 Å². The Morgan fingerprint density at radius 3 is 1.95 bits per heavy atom. The van der Waals surface area contributed by atoms with Crippen LogP contribution in [-0.2, 0) is 0 Å². The SMILES string of the molecule is c1ccc2c(-c3ccc(-n4c(-c5ccc(-c6cccc7c6sc6ccccc67)cc5)nc5ccccc54)cc3)cccc2c1. The predicted molar refractivity (Wildman–Crippen MR) is 188 cm³/mol. The lowest BCUT2D eigenvalue weighted by Gasteiger charge is -2.12. The maximum Gasteiger partial charge on any atom is 0.145 e. The molecule has 2 nitrogen and oxygen atoms in total. The fraction of sp³-hybridized carbons (Fsp3) is 0. The first-order valence-electron chi connectivity index (χ1n) is 14.9. The Morgan fingerprint density at radius 2 is 1.07 bits per heavy atom. The average molecular weight is 579 g/mol.